The predicted octanol–water partition coefficient (Wildman–Crippen LogP) is 1.91. The highest BCUT2D eigenvalue weighted by Gasteiger charge is 2.11. The van der Waals surface area contributed by atoms with Gasteiger partial charge in [0.15, 0.2) is 0 Å². The highest BCUT2D eigenvalue weighted by molar-refractivity contribution is 5.76. The number of nitrogen functional groups attached to an aromatic ring is 1. The van der Waals surface area contributed by atoms with Gasteiger partial charge in [-0.1, -0.05) is 12.1 Å². The smallest absolute Gasteiger partial charge is 0.220 e. The molecule has 118 valence electrons. The quantitative estimate of drug-likeness (QED) is 0.800. The van der Waals surface area contributed by atoms with Crippen LogP contribution in [0.25, 0.3) is 0 Å². The van der Waals surface area contributed by atoms with E-state index in [2.05, 4.69) is 10.4 Å². The second-order valence-electron chi connectivity index (χ2n) is 5.61. The lowest BCUT2D eigenvalue weighted by Gasteiger charge is -2.06. The largest absolute Gasteiger partial charge is 0.399 e. The number of carbonyl (C=O) groups excluding carboxylic acids is 1. The standard InChI is InChI=1S/C17H24N4O/c1-12-16(13(2)21(3)20-12)8-9-17(22)19-11-10-14-4-6-15(18)7-5-14/h4-7H,8-11,18H2,1-3H3,(H,19,22). The normalized spacial score (nSPS) is 10.7. The Kier molecular flexibility index (Phi) is 5.20. The van der Waals surface area contributed by atoms with Crippen LogP contribution in [0.4, 0.5) is 5.69 Å². The molecule has 0 aliphatic carbocycles. The summed E-state index contributed by atoms with van der Waals surface area (Å²) in [6.45, 7) is 4.67. The Morgan fingerprint density at radius 3 is 2.50 bits per heavy atom. The van der Waals surface area contributed by atoms with Gasteiger partial charge in [-0.05, 0) is 49.9 Å². The van der Waals surface area contributed by atoms with Crippen LogP contribution in [0.3, 0.4) is 0 Å². The highest BCUT2D eigenvalue weighted by Crippen LogP contribution is 2.13. The number of nitrogens with two attached hydrogens (primary N) is 1. The Labute approximate surface area is 131 Å². The van der Waals surface area contributed by atoms with E-state index < -0.39 is 0 Å². The van der Waals surface area contributed by atoms with Crippen molar-refractivity contribution >= 4 is 11.6 Å². The number of carbonyl (C=O) groups is 1. The Morgan fingerprint density at radius 2 is 1.91 bits per heavy atom. The van der Waals surface area contributed by atoms with Gasteiger partial charge >= 0.3 is 0 Å². The number of amides is 1. The second kappa shape index (κ2) is 7.11. The molecule has 3 N–H and O–H groups in total. The van der Waals surface area contributed by atoms with Gasteiger partial charge in [-0.2, -0.15) is 5.10 Å². The maximum absolute atomic E-state index is 11.9. The SMILES string of the molecule is Cc1nn(C)c(C)c1CCC(=O)NCCc1ccc(N)cc1. The van der Waals surface area contributed by atoms with E-state index in [9.17, 15) is 4.79 Å². The lowest BCUT2D eigenvalue weighted by Crippen LogP contribution is -2.26. The first-order chi connectivity index (χ1) is 10.5. The van der Waals surface area contributed by atoms with Crippen molar-refractivity contribution in [2.75, 3.05) is 12.3 Å². The van der Waals surface area contributed by atoms with Crippen molar-refractivity contribution < 1.29 is 4.79 Å². The lowest BCUT2D eigenvalue weighted by atomic mass is 10.1. The summed E-state index contributed by atoms with van der Waals surface area (Å²) >= 11 is 0. The third kappa shape index (κ3) is 4.10. The molecule has 5 heteroatoms. The molecule has 1 amide bonds. The molecule has 0 saturated carbocycles. The molecule has 5 nitrogen and oxygen atoms in total. The summed E-state index contributed by atoms with van der Waals surface area (Å²) in [6, 6.07) is 7.74. The third-order valence-corrected chi connectivity index (χ3v) is 3.98. The number of aryl methyl sites for hydroxylation is 2. The van der Waals surface area contributed by atoms with Crippen LogP contribution in [0.2, 0.25) is 0 Å². The topological polar surface area (TPSA) is 72.9 Å². The summed E-state index contributed by atoms with van der Waals surface area (Å²) in [5, 5.41) is 7.34. The van der Waals surface area contributed by atoms with Gasteiger partial charge in [0.05, 0.1) is 5.69 Å². The van der Waals surface area contributed by atoms with E-state index in [1.807, 2.05) is 49.8 Å². The van der Waals surface area contributed by atoms with Gasteiger partial charge in [0, 0.05) is 31.4 Å². The maximum atomic E-state index is 11.9. The van der Waals surface area contributed by atoms with Crippen molar-refractivity contribution in [3.05, 3.63) is 46.8 Å². The predicted molar refractivity (Wildman–Crippen MR) is 88.6 cm³/mol. The van der Waals surface area contributed by atoms with E-state index in [0.29, 0.717) is 13.0 Å². The molecule has 1 aromatic heterocycles. The van der Waals surface area contributed by atoms with E-state index in [-0.39, 0.29) is 5.91 Å². The zero-order valence-corrected chi connectivity index (χ0v) is 13.5. The molecule has 0 saturated heterocycles. The first kappa shape index (κ1) is 16.1. The number of nitrogens with zero attached hydrogens (tertiary/aromatic N) is 2. The van der Waals surface area contributed by atoms with E-state index in [0.717, 1.165) is 29.9 Å². The van der Waals surface area contributed by atoms with Gasteiger partial charge in [-0.25, -0.2) is 0 Å². The Morgan fingerprint density at radius 1 is 1.23 bits per heavy atom. The van der Waals surface area contributed by atoms with Crippen LogP contribution < -0.4 is 11.1 Å². The number of aromatic nitrogens is 2. The van der Waals surface area contributed by atoms with Crippen molar-refractivity contribution in [3.8, 4) is 0 Å². The average molecular weight is 300 g/mol. The van der Waals surface area contributed by atoms with Crippen molar-refractivity contribution in [2.24, 2.45) is 7.05 Å². The van der Waals surface area contributed by atoms with Gasteiger partial charge in [-0.15, -0.1) is 0 Å². The zero-order valence-electron chi connectivity index (χ0n) is 13.5. The summed E-state index contributed by atoms with van der Waals surface area (Å²) in [5.41, 5.74) is 10.9. The first-order valence-electron chi connectivity index (χ1n) is 7.57. The summed E-state index contributed by atoms with van der Waals surface area (Å²) in [7, 11) is 1.93. The minimum Gasteiger partial charge on any atom is -0.399 e. The third-order valence-electron chi connectivity index (χ3n) is 3.98. The molecule has 0 spiro atoms. The number of nitrogens with one attached hydrogen (secondary N) is 1. The molecule has 0 aliphatic rings. The van der Waals surface area contributed by atoms with Crippen LogP contribution >= 0.6 is 0 Å². The van der Waals surface area contributed by atoms with Gasteiger partial charge in [0.2, 0.25) is 5.91 Å². The molecule has 1 heterocycles. The van der Waals surface area contributed by atoms with Crippen LogP contribution in [0.1, 0.15) is 28.9 Å². The van der Waals surface area contributed by atoms with Crippen molar-refractivity contribution in [2.45, 2.75) is 33.1 Å². The fraction of sp³-hybridized carbons (Fsp3) is 0.412. The fourth-order valence-corrected chi connectivity index (χ4v) is 2.54. The molecule has 2 aromatic rings. The van der Waals surface area contributed by atoms with Crippen molar-refractivity contribution in [3.63, 3.8) is 0 Å². The molecular weight excluding hydrogens is 276 g/mol. The van der Waals surface area contributed by atoms with Crippen LogP contribution in [0.5, 0.6) is 0 Å². The lowest BCUT2D eigenvalue weighted by molar-refractivity contribution is -0.121. The summed E-state index contributed by atoms with van der Waals surface area (Å²) in [6.07, 6.45) is 2.05. The van der Waals surface area contributed by atoms with Crippen LogP contribution in [0, 0.1) is 13.8 Å². The average Bonchev–Trinajstić information content (AvgIpc) is 2.72. The molecule has 2 rings (SSSR count). The second-order valence-corrected chi connectivity index (χ2v) is 5.61. The highest BCUT2D eigenvalue weighted by atomic mass is 16.1. The van der Waals surface area contributed by atoms with Gasteiger partial charge in [0.25, 0.3) is 0 Å². The zero-order chi connectivity index (χ0) is 16.1. The summed E-state index contributed by atoms with van der Waals surface area (Å²) in [4.78, 5) is 11.9. The van der Waals surface area contributed by atoms with E-state index in [4.69, 9.17) is 5.73 Å². The summed E-state index contributed by atoms with van der Waals surface area (Å²) in [5.74, 6) is 0.0816. The van der Waals surface area contributed by atoms with Crippen LogP contribution in [-0.4, -0.2) is 22.2 Å². The maximum Gasteiger partial charge on any atom is 0.220 e. The molecule has 0 atom stereocenters. The van der Waals surface area contributed by atoms with Crippen LogP contribution in [-0.2, 0) is 24.7 Å². The van der Waals surface area contributed by atoms with Crippen molar-refractivity contribution in [1.29, 1.82) is 0 Å². The van der Waals surface area contributed by atoms with Gasteiger partial charge in [-0.3, -0.25) is 9.48 Å². The number of hydrogen-bond donors (Lipinski definition) is 2. The fourth-order valence-electron chi connectivity index (χ4n) is 2.54. The molecule has 0 radical (unpaired) electrons. The van der Waals surface area contributed by atoms with Gasteiger partial charge < -0.3 is 11.1 Å². The van der Waals surface area contributed by atoms with Gasteiger partial charge in [0.1, 0.15) is 0 Å². The number of hydrogen-bond acceptors (Lipinski definition) is 3. The molecular formula is C17H24N4O. The Hall–Kier alpha value is -2.30. The molecule has 1 aromatic carbocycles. The number of anilines is 1. The van der Waals surface area contributed by atoms with Crippen LogP contribution in [0.15, 0.2) is 24.3 Å². The van der Waals surface area contributed by atoms with Crippen molar-refractivity contribution in [1.82, 2.24) is 15.1 Å². The Balaban J connectivity index is 1.75. The first-order valence-corrected chi connectivity index (χ1v) is 7.57. The molecule has 22 heavy (non-hydrogen) atoms. The minimum atomic E-state index is 0.0816. The minimum absolute atomic E-state index is 0.0816. The molecule has 0 fully saturated rings. The number of benzene rings is 1. The summed E-state index contributed by atoms with van der Waals surface area (Å²) < 4.78 is 1.86. The Bertz CT molecular complexity index is 643. The number of rotatable bonds is 6. The van der Waals surface area contributed by atoms with E-state index >= 15 is 0 Å². The van der Waals surface area contributed by atoms with E-state index in [1.165, 1.54) is 11.1 Å². The van der Waals surface area contributed by atoms with E-state index in [1.54, 1.807) is 0 Å². The molecule has 0 unspecified atom stereocenters. The molecule has 0 bridgehead atoms. The molecule has 0 aliphatic heterocycles. The monoisotopic (exact) mass is 300 g/mol.